The van der Waals surface area contributed by atoms with E-state index in [9.17, 15) is 18.2 Å². The monoisotopic (exact) mass is 343 g/mol. The molecule has 0 unspecified atom stereocenters. The molecular weight excluding hydrogens is 329 g/mol. The van der Waals surface area contributed by atoms with Crippen LogP contribution in [0.1, 0.15) is 15.9 Å². The highest BCUT2D eigenvalue weighted by Gasteiger charge is 2.33. The van der Waals surface area contributed by atoms with Gasteiger partial charge in [-0.25, -0.2) is 13.3 Å². The molecular formula is C15H14BN3O4S. The van der Waals surface area contributed by atoms with Crippen molar-refractivity contribution >= 4 is 40.3 Å². The summed E-state index contributed by atoms with van der Waals surface area (Å²) in [5.74, 6) is -0.487. The van der Waals surface area contributed by atoms with Crippen LogP contribution >= 0.6 is 0 Å². The van der Waals surface area contributed by atoms with Gasteiger partial charge in [0, 0.05) is 11.3 Å². The van der Waals surface area contributed by atoms with Gasteiger partial charge in [-0.15, -0.1) is 0 Å². The zero-order valence-electron chi connectivity index (χ0n) is 12.7. The first-order valence-corrected chi connectivity index (χ1v) is 8.97. The predicted molar refractivity (Wildman–Crippen MR) is 92.7 cm³/mol. The largest absolute Gasteiger partial charge is 0.474 e. The van der Waals surface area contributed by atoms with Gasteiger partial charge in [-0.2, -0.15) is 5.10 Å². The van der Waals surface area contributed by atoms with Crippen molar-refractivity contribution < 1.29 is 18.2 Å². The van der Waals surface area contributed by atoms with Crippen LogP contribution in [-0.2, 0) is 10.0 Å². The highest BCUT2D eigenvalue weighted by Crippen LogP contribution is 2.15. The van der Waals surface area contributed by atoms with E-state index in [4.69, 9.17) is 0 Å². The summed E-state index contributed by atoms with van der Waals surface area (Å²) in [5.41, 5.74) is 1.98. The van der Waals surface area contributed by atoms with E-state index in [1.165, 1.54) is 30.5 Å². The Morgan fingerprint density at radius 3 is 2.50 bits per heavy atom. The van der Waals surface area contributed by atoms with E-state index in [-0.39, 0.29) is 5.56 Å². The molecule has 0 bridgehead atoms. The average Bonchev–Trinajstić information content (AvgIpc) is 2.54. The fourth-order valence-corrected chi connectivity index (χ4v) is 2.94. The Labute approximate surface area is 139 Å². The van der Waals surface area contributed by atoms with Gasteiger partial charge >= 0.3 is 7.05 Å². The second-order valence-electron chi connectivity index (χ2n) is 5.35. The van der Waals surface area contributed by atoms with Crippen molar-refractivity contribution in [3.63, 3.8) is 0 Å². The molecule has 7 nitrogen and oxygen atoms in total. The fourth-order valence-electron chi connectivity index (χ4n) is 2.37. The SMILES string of the molecule is CS(=O)(=O)Nc1ccc(C(=O)N2N=Cc3ccccc3B2O)cc1. The van der Waals surface area contributed by atoms with Gasteiger partial charge in [0.25, 0.3) is 5.91 Å². The van der Waals surface area contributed by atoms with Crippen molar-refractivity contribution in [1.82, 2.24) is 4.92 Å². The second-order valence-corrected chi connectivity index (χ2v) is 7.10. The molecule has 1 aliphatic heterocycles. The molecule has 1 heterocycles. The first-order valence-electron chi connectivity index (χ1n) is 7.07. The van der Waals surface area contributed by atoms with E-state index in [1.54, 1.807) is 18.2 Å². The van der Waals surface area contributed by atoms with Gasteiger partial charge in [0.1, 0.15) is 0 Å². The second kappa shape index (κ2) is 6.10. The highest BCUT2D eigenvalue weighted by atomic mass is 32.2. The summed E-state index contributed by atoms with van der Waals surface area (Å²) in [6.45, 7) is 0. The molecule has 0 spiro atoms. The minimum atomic E-state index is -3.38. The standard InChI is InChI=1S/C15H14BN3O4S/c1-24(22,23)18-13-8-6-11(7-9-13)15(20)19-16(21)14-5-3-2-4-12(14)10-17-19/h2-10,18,21H,1H3. The van der Waals surface area contributed by atoms with Gasteiger partial charge in [0.05, 0.1) is 12.5 Å². The van der Waals surface area contributed by atoms with E-state index < -0.39 is 23.0 Å². The summed E-state index contributed by atoms with van der Waals surface area (Å²) in [4.78, 5) is 13.5. The maximum Gasteiger partial charge on any atom is 0.474 e. The van der Waals surface area contributed by atoms with Crippen molar-refractivity contribution in [3.05, 3.63) is 59.7 Å². The number of nitrogens with zero attached hydrogens (tertiary/aromatic N) is 2. The molecule has 1 aliphatic rings. The Bertz CT molecular complexity index is 913. The molecule has 2 aromatic rings. The number of amides is 1. The Morgan fingerprint density at radius 2 is 1.83 bits per heavy atom. The van der Waals surface area contributed by atoms with Crippen LogP contribution in [0.4, 0.5) is 5.69 Å². The number of nitrogens with one attached hydrogen (secondary N) is 1. The van der Waals surface area contributed by atoms with Gasteiger partial charge in [-0.05, 0) is 35.3 Å². The molecule has 0 radical (unpaired) electrons. The zero-order valence-corrected chi connectivity index (χ0v) is 13.6. The van der Waals surface area contributed by atoms with Gasteiger partial charge in [-0.1, -0.05) is 24.3 Å². The van der Waals surface area contributed by atoms with Gasteiger partial charge in [-0.3, -0.25) is 9.52 Å². The molecule has 24 heavy (non-hydrogen) atoms. The summed E-state index contributed by atoms with van der Waals surface area (Å²) in [6, 6.07) is 13.0. The Hall–Kier alpha value is -2.65. The minimum absolute atomic E-state index is 0.282. The topological polar surface area (TPSA) is 99.1 Å². The first-order chi connectivity index (χ1) is 11.3. The van der Waals surface area contributed by atoms with Crippen molar-refractivity contribution in [2.75, 3.05) is 11.0 Å². The van der Waals surface area contributed by atoms with Gasteiger partial charge in [0.15, 0.2) is 0 Å². The molecule has 0 saturated heterocycles. The predicted octanol–water partition coefficient (Wildman–Crippen LogP) is 0.236. The molecule has 2 aromatic carbocycles. The lowest BCUT2D eigenvalue weighted by molar-refractivity contribution is 0.0846. The van der Waals surface area contributed by atoms with Crippen molar-refractivity contribution in [2.24, 2.45) is 5.10 Å². The first kappa shape index (κ1) is 16.2. The van der Waals surface area contributed by atoms with Crippen LogP contribution in [0, 0.1) is 0 Å². The van der Waals surface area contributed by atoms with Gasteiger partial charge < -0.3 is 5.02 Å². The van der Waals surface area contributed by atoms with E-state index in [1.807, 2.05) is 6.07 Å². The minimum Gasteiger partial charge on any atom is -0.427 e. The number of hydrogen-bond donors (Lipinski definition) is 2. The molecule has 0 atom stereocenters. The molecule has 0 aliphatic carbocycles. The molecule has 9 heteroatoms. The summed E-state index contributed by atoms with van der Waals surface area (Å²) in [7, 11) is -4.56. The summed E-state index contributed by atoms with van der Waals surface area (Å²) < 4.78 is 24.7. The van der Waals surface area contributed by atoms with Crippen molar-refractivity contribution in [3.8, 4) is 0 Å². The summed E-state index contributed by atoms with van der Waals surface area (Å²) in [5, 5.41) is 14.4. The Morgan fingerprint density at radius 1 is 1.17 bits per heavy atom. The molecule has 3 rings (SSSR count). The number of sulfonamides is 1. The van der Waals surface area contributed by atoms with Crippen LogP contribution in [0.2, 0.25) is 0 Å². The Kier molecular flexibility index (Phi) is 4.12. The quantitative estimate of drug-likeness (QED) is 0.780. The van der Waals surface area contributed by atoms with Crippen molar-refractivity contribution in [1.29, 1.82) is 0 Å². The average molecular weight is 343 g/mol. The number of hydrogen-bond acceptors (Lipinski definition) is 5. The normalized spacial score (nSPS) is 13.6. The molecule has 0 fully saturated rings. The lowest BCUT2D eigenvalue weighted by Crippen LogP contribution is -2.52. The number of benzene rings is 2. The van der Waals surface area contributed by atoms with Crippen LogP contribution in [0.25, 0.3) is 0 Å². The van der Waals surface area contributed by atoms with Crippen LogP contribution in [0.15, 0.2) is 53.6 Å². The van der Waals surface area contributed by atoms with Crippen LogP contribution in [-0.4, -0.2) is 43.8 Å². The lowest BCUT2D eigenvalue weighted by Gasteiger charge is -2.24. The third-order valence-corrected chi connectivity index (χ3v) is 4.08. The van der Waals surface area contributed by atoms with E-state index >= 15 is 0 Å². The number of hydrazone groups is 1. The van der Waals surface area contributed by atoms with Crippen LogP contribution in [0.5, 0.6) is 0 Å². The number of carbonyl (C=O) groups excluding carboxylic acids is 1. The molecule has 2 N–H and O–H groups in total. The van der Waals surface area contributed by atoms with Gasteiger partial charge in [0.2, 0.25) is 10.0 Å². The maximum atomic E-state index is 12.5. The Balaban J connectivity index is 1.83. The molecule has 0 aromatic heterocycles. The number of carbonyl (C=O) groups is 1. The summed E-state index contributed by atoms with van der Waals surface area (Å²) >= 11 is 0. The zero-order chi connectivity index (χ0) is 17.3. The number of fused-ring (bicyclic) bond motifs is 1. The molecule has 122 valence electrons. The smallest absolute Gasteiger partial charge is 0.427 e. The summed E-state index contributed by atoms with van der Waals surface area (Å²) in [6.07, 6.45) is 2.56. The third-order valence-electron chi connectivity index (χ3n) is 3.47. The van der Waals surface area contributed by atoms with E-state index in [0.29, 0.717) is 11.2 Å². The van der Waals surface area contributed by atoms with Crippen LogP contribution < -0.4 is 10.2 Å². The van der Waals surface area contributed by atoms with E-state index in [2.05, 4.69) is 9.82 Å². The van der Waals surface area contributed by atoms with Crippen molar-refractivity contribution in [2.45, 2.75) is 0 Å². The number of rotatable bonds is 3. The highest BCUT2D eigenvalue weighted by molar-refractivity contribution is 7.92. The molecule has 1 amide bonds. The maximum absolute atomic E-state index is 12.5. The van der Waals surface area contributed by atoms with E-state index in [0.717, 1.165) is 16.7 Å². The molecule has 0 saturated carbocycles. The number of anilines is 1. The fraction of sp³-hybridized carbons (Fsp3) is 0.0667. The lowest BCUT2D eigenvalue weighted by atomic mass is 9.69. The van der Waals surface area contributed by atoms with Crippen LogP contribution in [0.3, 0.4) is 0 Å². The third kappa shape index (κ3) is 3.31.